The molecule has 0 saturated heterocycles. The molecule has 0 radical (unpaired) electrons. The highest BCUT2D eigenvalue weighted by molar-refractivity contribution is 5.94. The highest BCUT2D eigenvalue weighted by Crippen LogP contribution is 2.17. The van der Waals surface area contributed by atoms with E-state index in [9.17, 15) is 14.4 Å². The van der Waals surface area contributed by atoms with Crippen molar-refractivity contribution in [3.05, 3.63) is 0 Å². The Morgan fingerprint density at radius 2 is 1.76 bits per heavy atom. The standard InChI is InChI=1S/C11H18N2O4/c14-9(6-3-7-10(15)16)13-11(17)12-8-4-1-2-5-8/h8H,1-7H2,(H,15,16)(H2,12,13,14,17). The number of carboxylic acid groups (broad SMARTS) is 1. The van der Waals surface area contributed by atoms with Crippen molar-refractivity contribution in [2.24, 2.45) is 0 Å². The largest absolute Gasteiger partial charge is 0.481 e. The first-order valence-corrected chi connectivity index (χ1v) is 5.90. The van der Waals surface area contributed by atoms with Gasteiger partial charge in [-0.15, -0.1) is 0 Å². The second-order valence-electron chi connectivity index (χ2n) is 4.25. The minimum absolute atomic E-state index is 0.0579. The van der Waals surface area contributed by atoms with Crippen LogP contribution in [0.5, 0.6) is 0 Å². The molecule has 1 saturated carbocycles. The summed E-state index contributed by atoms with van der Waals surface area (Å²) in [6.45, 7) is 0. The van der Waals surface area contributed by atoms with Crippen LogP contribution in [0.15, 0.2) is 0 Å². The fourth-order valence-electron chi connectivity index (χ4n) is 1.88. The lowest BCUT2D eigenvalue weighted by molar-refractivity contribution is -0.137. The number of carbonyl (C=O) groups is 3. The van der Waals surface area contributed by atoms with E-state index in [-0.39, 0.29) is 25.3 Å². The highest BCUT2D eigenvalue weighted by Gasteiger charge is 2.17. The van der Waals surface area contributed by atoms with E-state index in [2.05, 4.69) is 10.6 Å². The monoisotopic (exact) mass is 242 g/mol. The summed E-state index contributed by atoms with van der Waals surface area (Å²) in [5.74, 6) is -1.37. The molecule has 6 heteroatoms. The fourth-order valence-corrected chi connectivity index (χ4v) is 1.88. The molecule has 6 nitrogen and oxygen atoms in total. The van der Waals surface area contributed by atoms with Crippen molar-refractivity contribution in [3.8, 4) is 0 Å². The van der Waals surface area contributed by atoms with Crippen molar-refractivity contribution in [1.29, 1.82) is 0 Å². The second kappa shape index (κ2) is 6.88. The molecule has 1 rings (SSSR count). The summed E-state index contributed by atoms with van der Waals surface area (Å²) in [5.41, 5.74) is 0. The molecule has 0 aromatic heterocycles. The Hall–Kier alpha value is -1.59. The van der Waals surface area contributed by atoms with Crippen LogP contribution < -0.4 is 10.6 Å². The van der Waals surface area contributed by atoms with Gasteiger partial charge in [-0.1, -0.05) is 12.8 Å². The molecule has 17 heavy (non-hydrogen) atoms. The van der Waals surface area contributed by atoms with Crippen molar-refractivity contribution in [3.63, 3.8) is 0 Å². The summed E-state index contributed by atoms with van der Waals surface area (Å²) in [5, 5.41) is 13.3. The van der Waals surface area contributed by atoms with E-state index >= 15 is 0 Å². The van der Waals surface area contributed by atoms with Gasteiger partial charge in [0.1, 0.15) is 0 Å². The lowest BCUT2D eigenvalue weighted by Crippen LogP contribution is -2.43. The van der Waals surface area contributed by atoms with Crippen molar-refractivity contribution in [2.45, 2.75) is 51.0 Å². The number of aliphatic carboxylic acids is 1. The molecule has 0 bridgehead atoms. The number of carboxylic acids is 1. The van der Waals surface area contributed by atoms with E-state index in [0.29, 0.717) is 0 Å². The van der Waals surface area contributed by atoms with Crippen molar-refractivity contribution in [2.75, 3.05) is 0 Å². The molecule has 0 aromatic carbocycles. The van der Waals surface area contributed by atoms with Gasteiger partial charge in [-0.3, -0.25) is 14.9 Å². The molecule has 1 aliphatic rings. The van der Waals surface area contributed by atoms with Gasteiger partial charge >= 0.3 is 12.0 Å². The van der Waals surface area contributed by atoms with Crippen LogP contribution in [0.3, 0.4) is 0 Å². The van der Waals surface area contributed by atoms with Crippen molar-refractivity contribution < 1.29 is 19.5 Å². The molecule has 1 fully saturated rings. The van der Waals surface area contributed by atoms with Crippen LogP contribution >= 0.6 is 0 Å². The van der Waals surface area contributed by atoms with Gasteiger partial charge in [0.05, 0.1) is 0 Å². The first kappa shape index (κ1) is 13.5. The molecule has 3 N–H and O–H groups in total. The number of rotatable bonds is 5. The molecule has 0 aliphatic heterocycles. The summed E-state index contributed by atoms with van der Waals surface area (Å²) in [4.78, 5) is 32.8. The number of hydrogen-bond donors (Lipinski definition) is 3. The third-order valence-electron chi connectivity index (χ3n) is 2.74. The van der Waals surface area contributed by atoms with Crippen LogP contribution in [0.2, 0.25) is 0 Å². The Bertz CT molecular complexity index is 298. The van der Waals surface area contributed by atoms with Crippen molar-refractivity contribution in [1.82, 2.24) is 10.6 Å². The molecular weight excluding hydrogens is 224 g/mol. The molecule has 0 heterocycles. The van der Waals surface area contributed by atoms with Gasteiger partial charge in [0, 0.05) is 18.9 Å². The molecule has 1 aliphatic carbocycles. The van der Waals surface area contributed by atoms with E-state index in [1.54, 1.807) is 0 Å². The van der Waals surface area contributed by atoms with E-state index in [1.165, 1.54) is 0 Å². The molecular formula is C11H18N2O4. The van der Waals surface area contributed by atoms with Gasteiger partial charge in [-0.05, 0) is 19.3 Å². The minimum Gasteiger partial charge on any atom is -0.481 e. The number of amides is 3. The average molecular weight is 242 g/mol. The third kappa shape index (κ3) is 5.89. The van der Waals surface area contributed by atoms with Crippen molar-refractivity contribution >= 4 is 17.9 Å². The predicted molar refractivity (Wildman–Crippen MR) is 60.4 cm³/mol. The van der Waals surface area contributed by atoms with Gasteiger partial charge in [0.25, 0.3) is 0 Å². The Kier molecular flexibility index (Phi) is 5.45. The minimum atomic E-state index is -0.937. The maximum Gasteiger partial charge on any atom is 0.321 e. The first-order valence-electron chi connectivity index (χ1n) is 5.90. The number of carbonyl (C=O) groups excluding carboxylic acids is 2. The highest BCUT2D eigenvalue weighted by atomic mass is 16.4. The number of urea groups is 1. The quantitative estimate of drug-likeness (QED) is 0.670. The van der Waals surface area contributed by atoms with Crippen LogP contribution in [0.25, 0.3) is 0 Å². The van der Waals surface area contributed by atoms with E-state index in [1.807, 2.05) is 0 Å². The summed E-state index contributed by atoms with van der Waals surface area (Å²) >= 11 is 0. The molecule has 0 aromatic rings. The molecule has 0 unspecified atom stereocenters. The summed E-state index contributed by atoms with van der Waals surface area (Å²) in [7, 11) is 0. The van der Waals surface area contributed by atoms with Gasteiger partial charge in [0.2, 0.25) is 5.91 Å². The summed E-state index contributed by atoms with van der Waals surface area (Å²) < 4.78 is 0. The predicted octanol–water partition coefficient (Wildman–Crippen LogP) is 1.01. The zero-order valence-electron chi connectivity index (χ0n) is 9.70. The molecule has 3 amide bonds. The normalized spacial score (nSPS) is 15.5. The van der Waals surface area contributed by atoms with Gasteiger partial charge < -0.3 is 10.4 Å². The second-order valence-corrected chi connectivity index (χ2v) is 4.25. The van der Waals surface area contributed by atoms with Gasteiger partial charge in [-0.2, -0.15) is 0 Å². The summed E-state index contributed by atoms with van der Waals surface area (Å²) in [6.07, 6.45) is 4.39. The lowest BCUT2D eigenvalue weighted by atomic mass is 10.2. The SMILES string of the molecule is O=C(O)CCCC(=O)NC(=O)NC1CCCC1. The topological polar surface area (TPSA) is 95.5 Å². The van der Waals surface area contributed by atoms with Crippen LogP contribution in [-0.2, 0) is 9.59 Å². The number of nitrogens with one attached hydrogen (secondary N) is 2. The van der Waals surface area contributed by atoms with E-state index < -0.39 is 17.9 Å². The van der Waals surface area contributed by atoms with E-state index in [4.69, 9.17) is 5.11 Å². The smallest absolute Gasteiger partial charge is 0.321 e. The Morgan fingerprint density at radius 3 is 2.35 bits per heavy atom. The van der Waals surface area contributed by atoms with Crippen LogP contribution in [0.1, 0.15) is 44.9 Å². The van der Waals surface area contributed by atoms with Gasteiger partial charge in [0.15, 0.2) is 0 Å². The Morgan fingerprint density at radius 1 is 1.12 bits per heavy atom. The lowest BCUT2D eigenvalue weighted by Gasteiger charge is -2.11. The third-order valence-corrected chi connectivity index (χ3v) is 2.74. The van der Waals surface area contributed by atoms with Crippen LogP contribution in [-0.4, -0.2) is 29.1 Å². The van der Waals surface area contributed by atoms with E-state index in [0.717, 1.165) is 25.7 Å². The zero-order chi connectivity index (χ0) is 12.7. The van der Waals surface area contributed by atoms with Crippen LogP contribution in [0.4, 0.5) is 4.79 Å². The summed E-state index contributed by atoms with van der Waals surface area (Å²) in [6, 6.07) is -0.306. The fraction of sp³-hybridized carbons (Fsp3) is 0.727. The average Bonchev–Trinajstić information content (AvgIpc) is 2.69. The first-order chi connectivity index (χ1) is 8.08. The molecule has 0 spiro atoms. The number of imide groups is 1. The van der Waals surface area contributed by atoms with Crippen LogP contribution in [0, 0.1) is 0 Å². The zero-order valence-corrected chi connectivity index (χ0v) is 9.70. The molecule has 0 atom stereocenters. The Labute approximate surface area is 99.8 Å². The maximum atomic E-state index is 11.3. The molecule has 96 valence electrons. The van der Waals surface area contributed by atoms with Gasteiger partial charge in [-0.25, -0.2) is 4.79 Å². The Balaban J connectivity index is 2.12. The number of hydrogen-bond acceptors (Lipinski definition) is 3. The maximum absolute atomic E-state index is 11.3.